The van der Waals surface area contributed by atoms with Gasteiger partial charge in [-0.25, -0.2) is 4.39 Å². The highest BCUT2D eigenvalue weighted by molar-refractivity contribution is 6.33. The lowest BCUT2D eigenvalue weighted by Gasteiger charge is -2.22. The molecule has 0 spiro atoms. The van der Waals surface area contributed by atoms with Crippen LogP contribution in [0, 0.1) is 11.2 Å². The molecule has 3 nitrogen and oxygen atoms in total. The molecule has 0 radical (unpaired) electrons. The third kappa shape index (κ3) is 3.33. The molecule has 1 aromatic carbocycles. The van der Waals surface area contributed by atoms with Crippen LogP contribution < -0.4 is 5.32 Å². The molecule has 0 heterocycles. The fourth-order valence-corrected chi connectivity index (χ4v) is 1.55. The molecule has 0 aliphatic rings. The first-order valence-corrected chi connectivity index (χ1v) is 5.52. The number of carbonyl (C=O) groups is 1. The number of hydrogen-bond donors (Lipinski definition) is 1. The van der Waals surface area contributed by atoms with Gasteiger partial charge in [0.2, 0.25) is 0 Å². The van der Waals surface area contributed by atoms with Crippen molar-refractivity contribution in [1.29, 1.82) is 0 Å². The molecule has 0 saturated heterocycles. The molecule has 0 amide bonds. The number of benzene rings is 1. The summed E-state index contributed by atoms with van der Waals surface area (Å²) in [5.74, 6) is -0.810. The molecule has 1 aromatic rings. The molecule has 0 aromatic heterocycles. The number of carbonyl (C=O) groups excluding carboxylic acids is 1. The van der Waals surface area contributed by atoms with Gasteiger partial charge in [0.25, 0.3) is 0 Å². The van der Waals surface area contributed by atoms with Gasteiger partial charge in [-0.1, -0.05) is 17.7 Å². The maximum absolute atomic E-state index is 13.4. The van der Waals surface area contributed by atoms with E-state index < -0.39 is 11.2 Å². The van der Waals surface area contributed by atoms with E-state index in [2.05, 4.69) is 10.1 Å². The average Bonchev–Trinajstić information content (AvgIpc) is 2.27. The number of nitrogens with one attached hydrogen (secondary N) is 1. The van der Waals surface area contributed by atoms with E-state index in [0.29, 0.717) is 0 Å². The van der Waals surface area contributed by atoms with Crippen molar-refractivity contribution in [3.05, 3.63) is 29.0 Å². The summed E-state index contributed by atoms with van der Waals surface area (Å²) < 4.78 is 18.1. The molecule has 5 heteroatoms. The van der Waals surface area contributed by atoms with Crippen molar-refractivity contribution in [1.82, 2.24) is 0 Å². The summed E-state index contributed by atoms with van der Waals surface area (Å²) in [5, 5.41) is 3.11. The monoisotopic (exact) mass is 259 g/mol. The molecule has 94 valence electrons. The van der Waals surface area contributed by atoms with Crippen molar-refractivity contribution >= 4 is 23.3 Å². The van der Waals surface area contributed by atoms with E-state index in [1.54, 1.807) is 19.9 Å². The van der Waals surface area contributed by atoms with Gasteiger partial charge in [-0.15, -0.1) is 0 Å². The smallest absolute Gasteiger partial charge is 0.313 e. The molecular formula is C12H15ClFNO2. The Labute approximate surface area is 105 Å². The third-order valence-corrected chi connectivity index (χ3v) is 2.72. The van der Waals surface area contributed by atoms with Gasteiger partial charge in [-0.05, 0) is 26.0 Å². The summed E-state index contributed by atoms with van der Waals surface area (Å²) in [4.78, 5) is 11.4. The number of esters is 1. The summed E-state index contributed by atoms with van der Waals surface area (Å²) in [6, 6.07) is 4.41. The topological polar surface area (TPSA) is 38.3 Å². The molecular weight excluding hydrogens is 245 g/mol. The molecule has 0 aliphatic heterocycles. The Balaban J connectivity index is 2.77. The standard InChI is InChI=1S/C12H15ClFNO2/c1-12(2,11(16)17-3)7-15-10-8(13)5-4-6-9(10)14/h4-6,15H,7H2,1-3H3. The lowest BCUT2D eigenvalue weighted by Crippen LogP contribution is -2.33. The van der Waals surface area contributed by atoms with Gasteiger partial charge in [0.05, 0.1) is 23.2 Å². The minimum Gasteiger partial charge on any atom is -0.469 e. The van der Waals surface area contributed by atoms with E-state index in [0.717, 1.165) is 0 Å². The third-order valence-electron chi connectivity index (χ3n) is 2.41. The van der Waals surface area contributed by atoms with Crippen LogP contribution in [0.25, 0.3) is 0 Å². The number of anilines is 1. The largest absolute Gasteiger partial charge is 0.469 e. The second-order valence-electron chi connectivity index (χ2n) is 4.33. The summed E-state index contributed by atoms with van der Waals surface area (Å²) in [6.45, 7) is 3.65. The SMILES string of the molecule is COC(=O)C(C)(C)CNc1c(F)cccc1Cl. The summed E-state index contributed by atoms with van der Waals surface area (Å²) >= 11 is 5.85. The normalized spacial score (nSPS) is 11.1. The van der Waals surface area contributed by atoms with Gasteiger partial charge in [-0.3, -0.25) is 4.79 Å². The maximum Gasteiger partial charge on any atom is 0.313 e. The van der Waals surface area contributed by atoms with Crippen LogP contribution in [0.15, 0.2) is 18.2 Å². The van der Waals surface area contributed by atoms with E-state index in [1.807, 2.05) is 0 Å². The first-order chi connectivity index (χ1) is 7.88. The summed E-state index contributed by atoms with van der Waals surface area (Å²) in [7, 11) is 1.32. The van der Waals surface area contributed by atoms with Gasteiger partial charge in [-0.2, -0.15) is 0 Å². The van der Waals surface area contributed by atoms with Crippen molar-refractivity contribution in [2.45, 2.75) is 13.8 Å². The lowest BCUT2D eigenvalue weighted by molar-refractivity contribution is -0.149. The lowest BCUT2D eigenvalue weighted by atomic mass is 9.93. The number of para-hydroxylation sites is 1. The number of hydrogen-bond acceptors (Lipinski definition) is 3. The van der Waals surface area contributed by atoms with E-state index in [9.17, 15) is 9.18 Å². The Morgan fingerprint density at radius 2 is 2.18 bits per heavy atom. The summed E-state index contributed by atoms with van der Waals surface area (Å²) in [5.41, 5.74) is -0.550. The zero-order valence-corrected chi connectivity index (χ0v) is 10.8. The second-order valence-corrected chi connectivity index (χ2v) is 4.73. The van der Waals surface area contributed by atoms with Crippen LogP contribution in [0.5, 0.6) is 0 Å². The fourth-order valence-electron chi connectivity index (χ4n) is 1.32. The van der Waals surface area contributed by atoms with Crippen LogP contribution in [0.4, 0.5) is 10.1 Å². The number of rotatable bonds is 4. The molecule has 17 heavy (non-hydrogen) atoms. The predicted molar refractivity (Wildman–Crippen MR) is 65.7 cm³/mol. The first-order valence-electron chi connectivity index (χ1n) is 5.15. The highest BCUT2D eigenvalue weighted by atomic mass is 35.5. The Morgan fingerprint density at radius 3 is 2.71 bits per heavy atom. The number of halogens is 2. The van der Waals surface area contributed by atoms with Crippen molar-refractivity contribution < 1.29 is 13.9 Å². The van der Waals surface area contributed by atoms with Crippen LogP contribution in [0.3, 0.4) is 0 Å². The molecule has 0 fully saturated rings. The zero-order valence-electron chi connectivity index (χ0n) is 10.0. The number of ether oxygens (including phenoxy) is 1. The van der Waals surface area contributed by atoms with Gasteiger partial charge in [0, 0.05) is 6.54 Å². The van der Waals surface area contributed by atoms with E-state index in [1.165, 1.54) is 19.2 Å². The second kappa shape index (κ2) is 5.36. The van der Waals surface area contributed by atoms with Gasteiger partial charge in [0.15, 0.2) is 0 Å². The fraction of sp³-hybridized carbons (Fsp3) is 0.417. The van der Waals surface area contributed by atoms with Crippen LogP contribution in [0.1, 0.15) is 13.8 Å². The Hall–Kier alpha value is -1.29. The van der Waals surface area contributed by atoms with E-state index in [4.69, 9.17) is 11.6 Å². The Morgan fingerprint density at radius 1 is 1.53 bits per heavy atom. The zero-order chi connectivity index (χ0) is 13.1. The summed E-state index contributed by atoms with van der Waals surface area (Å²) in [6.07, 6.45) is 0. The molecule has 0 atom stereocenters. The predicted octanol–water partition coefficient (Wildman–Crippen LogP) is 3.09. The highest BCUT2D eigenvalue weighted by Crippen LogP contribution is 2.26. The number of methoxy groups -OCH3 is 1. The Kier molecular flexibility index (Phi) is 4.34. The van der Waals surface area contributed by atoms with Crippen molar-refractivity contribution in [2.75, 3.05) is 19.0 Å². The first kappa shape index (κ1) is 13.8. The molecule has 0 saturated carbocycles. The Bertz CT molecular complexity index is 401. The minimum absolute atomic E-state index is 0.200. The van der Waals surface area contributed by atoms with Gasteiger partial charge < -0.3 is 10.1 Å². The van der Waals surface area contributed by atoms with Gasteiger partial charge >= 0.3 is 5.97 Å². The molecule has 1 rings (SSSR count). The van der Waals surface area contributed by atoms with Crippen LogP contribution >= 0.6 is 11.6 Å². The minimum atomic E-state index is -0.750. The van der Waals surface area contributed by atoms with Crippen molar-refractivity contribution in [3.8, 4) is 0 Å². The molecule has 0 unspecified atom stereocenters. The highest BCUT2D eigenvalue weighted by Gasteiger charge is 2.28. The van der Waals surface area contributed by atoms with Crippen LogP contribution in [0.2, 0.25) is 5.02 Å². The van der Waals surface area contributed by atoms with E-state index in [-0.39, 0.29) is 23.2 Å². The molecule has 0 bridgehead atoms. The maximum atomic E-state index is 13.4. The van der Waals surface area contributed by atoms with Crippen LogP contribution in [-0.4, -0.2) is 19.6 Å². The molecule has 0 aliphatic carbocycles. The quantitative estimate of drug-likeness (QED) is 0.845. The van der Waals surface area contributed by atoms with E-state index >= 15 is 0 Å². The van der Waals surface area contributed by atoms with Gasteiger partial charge in [0.1, 0.15) is 5.82 Å². The van der Waals surface area contributed by atoms with Crippen molar-refractivity contribution in [3.63, 3.8) is 0 Å². The van der Waals surface area contributed by atoms with Crippen molar-refractivity contribution in [2.24, 2.45) is 5.41 Å². The van der Waals surface area contributed by atoms with Crippen LogP contribution in [-0.2, 0) is 9.53 Å². The average molecular weight is 260 g/mol. The molecule has 1 N–H and O–H groups in total.